The van der Waals surface area contributed by atoms with Crippen LogP contribution in [-0.4, -0.2) is 34.3 Å². The lowest BCUT2D eigenvalue weighted by Crippen LogP contribution is -2.31. The molecule has 0 bridgehead atoms. The molecule has 2 aromatic carbocycles. The van der Waals surface area contributed by atoms with Gasteiger partial charge in [-0.2, -0.15) is 0 Å². The third-order valence-corrected chi connectivity index (χ3v) is 3.86. The number of hydrogen-bond acceptors (Lipinski definition) is 6. The fourth-order valence-corrected chi connectivity index (χ4v) is 2.30. The predicted octanol–water partition coefficient (Wildman–Crippen LogP) is 3.19. The van der Waals surface area contributed by atoms with Gasteiger partial charge in [0.2, 0.25) is 0 Å². The Balaban J connectivity index is 2.04. The number of benzene rings is 2. The monoisotopic (exact) mass is 379 g/mol. The zero-order valence-electron chi connectivity index (χ0n) is 13.6. The smallest absolute Gasteiger partial charge is 0.310 e. The second-order valence-electron chi connectivity index (χ2n) is 5.30. The first-order valence-electron chi connectivity index (χ1n) is 7.32. The van der Waals surface area contributed by atoms with Crippen LogP contribution in [-0.2, 0) is 11.3 Å². The minimum absolute atomic E-state index is 0.0207. The number of nitro groups is 2. The van der Waals surface area contributed by atoms with E-state index in [1.54, 1.807) is 6.07 Å². The van der Waals surface area contributed by atoms with Crippen LogP contribution in [0.5, 0.6) is 5.75 Å². The molecule has 136 valence electrons. The van der Waals surface area contributed by atoms with Crippen LogP contribution in [0.2, 0.25) is 5.02 Å². The Hall–Kier alpha value is -3.20. The van der Waals surface area contributed by atoms with E-state index in [1.165, 1.54) is 48.3 Å². The number of halogens is 1. The molecule has 0 saturated carbocycles. The van der Waals surface area contributed by atoms with Crippen molar-refractivity contribution in [1.29, 1.82) is 0 Å². The van der Waals surface area contributed by atoms with Crippen LogP contribution in [0, 0.1) is 20.2 Å². The number of amides is 1. The molecule has 0 atom stereocenters. The third-order valence-electron chi connectivity index (χ3n) is 3.49. The van der Waals surface area contributed by atoms with E-state index in [9.17, 15) is 25.0 Å². The Morgan fingerprint density at radius 2 is 1.85 bits per heavy atom. The Morgan fingerprint density at radius 3 is 2.50 bits per heavy atom. The Bertz CT molecular complexity index is 858. The molecule has 2 aromatic rings. The molecule has 0 aromatic heterocycles. The van der Waals surface area contributed by atoms with Crippen molar-refractivity contribution in [1.82, 2.24) is 4.90 Å². The number of nitro benzene ring substituents is 2. The van der Waals surface area contributed by atoms with Crippen molar-refractivity contribution in [3.05, 3.63) is 73.3 Å². The molecule has 0 spiro atoms. The van der Waals surface area contributed by atoms with Gasteiger partial charge in [-0.15, -0.1) is 0 Å². The van der Waals surface area contributed by atoms with Crippen LogP contribution in [0.25, 0.3) is 0 Å². The van der Waals surface area contributed by atoms with Gasteiger partial charge in [0.15, 0.2) is 12.4 Å². The summed E-state index contributed by atoms with van der Waals surface area (Å²) < 4.78 is 5.24. The minimum Gasteiger partial charge on any atom is -0.477 e. The lowest BCUT2D eigenvalue weighted by molar-refractivity contribution is -0.385. The van der Waals surface area contributed by atoms with Crippen LogP contribution in [0.4, 0.5) is 11.4 Å². The molecular formula is C16H14ClN3O6. The summed E-state index contributed by atoms with van der Waals surface area (Å²) in [4.78, 5) is 34.1. The number of nitrogens with zero attached hydrogens (tertiary/aromatic N) is 3. The Labute approximate surface area is 153 Å². The highest BCUT2D eigenvalue weighted by Crippen LogP contribution is 2.26. The first-order valence-corrected chi connectivity index (χ1v) is 7.70. The van der Waals surface area contributed by atoms with Crippen LogP contribution >= 0.6 is 11.6 Å². The van der Waals surface area contributed by atoms with E-state index in [0.717, 1.165) is 0 Å². The van der Waals surface area contributed by atoms with E-state index in [-0.39, 0.29) is 28.7 Å². The SMILES string of the molecule is CN(Cc1cc([N+](=O)[O-])ccc1Cl)C(=O)COc1ccccc1[N+](=O)[O-]. The van der Waals surface area contributed by atoms with Gasteiger partial charge < -0.3 is 9.64 Å². The molecule has 0 N–H and O–H groups in total. The van der Waals surface area contributed by atoms with Gasteiger partial charge in [0.25, 0.3) is 11.6 Å². The molecule has 10 heteroatoms. The molecule has 0 saturated heterocycles. The van der Waals surface area contributed by atoms with E-state index in [2.05, 4.69) is 0 Å². The molecule has 0 heterocycles. The molecule has 2 rings (SSSR count). The van der Waals surface area contributed by atoms with Gasteiger partial charge in [0.1, 0.15) is 0 Å². The zero-order valence-corrected chi connectivity index (χ0v) is 14.4. The summed E-state index contributed by atoms with van der Waals surface area (Å²) in [5.74, 6) is -0.488. The van der Waals surface area contributed by atoms with Gasteiger partial charge in [-0.3, -0.25) is 25.0 Å². The van der Waals surface area contributed by atoms with Crippen LogP contribution in [0.15, 0.2) is 42.5 Å². The van der Waals surface area contributed by atoms with Crippen molar-refractivity contribution in [2.24, 2.45) is 0 Å². The molecule has 26 heavy (non-hydrogen) atoms. The van der Waals surface area contributed by atoms with Crippen LogP contribution in [0.1, 0.15) is 5.56 Å². The minimum atomic E-state index is -0.605. The highest BCUT2D eigenvalue weighted by atomic mass is 35.5. The second-order valence-corrected chi connectivity index (χ2v) is 5.70. The highest BCUT2D eigenvalue weighted by molar-refractivity contribution is 6.31. The van der Waals surface area contributed by atoms with E-state index >= 15 is 0 Å². The molecule has 0 aliphatic rings. The highest BCUT2D eigenvalue weighted by Gasteiger charge is 2.18. The second kappa shape index (κ2) is 8.26. The van der Waals surface area contributed by atoms with Crippen molar-refractivity contribution >= 4 is 28.9 Å². The first-order chi connectivity index (χ1) is 12.3. The van der Waals surface area contributed by atoms with E-state index in [4.69, 9.17) is 16.3 Å². The molecule has 0 aliphatic heterocycles. The summed E-state index contributed by atoms with van der Waals surface area (Å²) in [6, 6.07) is 9.65. The fourth-order valence-electron chi connectivity index (χ4n) is 2.12. The molecule has 0 fully saturated rings. The summed E-state index contributed by atoms with van der Waals surface area (Å²) in [7, 11) is 1.47. The Morgan fingerprint density at radius 1 is 1.15 bits per heavy atom. The summed E-state index contributed by atoms with van der Waals surface area (Å²) in [5, 5.41) is 22.1. The largest absolute Gasteiger partial charge is 0.477 e. The van der Waals surface area contributed by atoms with E-state index in [0.29, 0.717) is 5.56 Å². The van der Waals surface area contributed by atoms with Crippen molar-refractivity contribution in [2.75, 3.05) is 13.7 Å². The summed E-state index contributed by atoms with van der Waals surface area (Å²) >= 11 is 6.01. The first kappa shape index (κ1) is 19.1. The quantitative estimate of drug-likeness (QED) is 0.538. The van der Waals surface area contributed by atoms with Crippen molar-refractivity contribution in [2.45, 2.75) is 6.54 Å². The van der Waals surface area contributed by atoms with Gasteiger partial charge in [0, 0.05) is 36.8 Å². The normalized spacial score (nSPS) is 10.2. The number of likely N-dealkylation sites (N-methyl/N-ethyl adjacent to an activating group) is 1. The lowest BCUT2D eigenvalue weighted by Gasteiger charge is -2.18. The van der Waals surface area contributed by atoms with Gasteiger partial charge in [-0.1, -0.05) is 23.7 Å². The number of para-hydroxylation sites is 2. The number of rotatable bonds is 7. The van der Waals surface area contributed by atoms with E-state index in [1.807, 2.05) is 0 Å². The maximum Gasteiger partial charge on any atom is 0.310 e. The van der Waals surface area contributed by atoms with Gasteiger partial charge in [-0.25, -0.2) is 0 Å². The maximum atomic E-state index is 12.2. The van der Waals surface area contributed by atoms with Crippen molar-refractivity contribution in [3.63, 3.8) is 0 Å². The van der Waals surface area contributed by atoms with Crippen LogP contribution < -0.4 is 4.74 Å². The number of ether oxygens (including phenoxy) is 1. The number of non-ortho nitro benzene ring substituents is 1. The average molecular weight is 380 g/mol. The molecular weight excluding hydrogens is 366 g/mol. The zero-order chi connectivity index (χ0) is 19.3. The van der Waals surface area contributed by atoms with E-state index < -0.39 is 22.4 Å². The standard InChI is InChI=1S/C16H14ClN3O6/c1-18(9-11-8-12(19(22)23)6-7-13(11)17)16(21)10-26-15-5-3-2-4-14(15)20(24)25/h2-8H,9-10H2,1H3. The third kappa shape index (κ3) is 4.67. The predicted molar refractivity (Wildman–Crippen MR) is 93.2 cm³/mol. The summed E-state index contributed by atoms with van der Waals surface area (Å²) in [6.45, 7) is -0.395. The average Bonchev–Trinajstić information content (AvgIpc) is 2.61. The number of carbonyl (C=O) groups excluding carboxylic acids is 1. The van der Waals surface area contributed by atoms with Gasteiger partial charge in [-0.05, 0) is 17.7 Å². The Kier molecular flexibility index (Phi) is 6.07. The van der Waals surface area contributed by atoms with Gasteiger partial charge >= 0.3 is 5.69 Å². The van der Waals surface area contributed by atoms with Gasteiger partial charge in [0.05, 0.1) is 9.85 Å². The van der Waals surface area contributed by atoms with Crippen LogP contribution in [0.3, 0.4) is 0 Å². The summed E-state index contributed by atoms with van der Waals surface area (Å²) in [5.41, 5.74) is 0.0218. The molecule has 0 radical (unpaired) electrons. The maximum absolute atomic E-state index is 12.2. The fraction of sp³-hybridized carbons (Fsp3) is 0.188. The molecule has 9 nitrogen and oxygen atoms in total. The summed E-state index contributed by atoms with van der Waals surface area (Å²) in [6.07, 6.45) is 0. The topological polar surface area (TPSA) is 116 Å². The lowest BCUT2D eigenvalue weighted by atomic mass is 10.2. The van der Waals surface area contributed by atoms with Crippen molar-refractivity contribution in [3.8, 4) is 5.75 Å². The molecule has 0 aliphatic carbocycles. The number of hydrogen-bond donors (Lipinski definition) is 0. The number of carbonyl (C=O) groups is 1. The van der Waals surface area contributed by atoms with Crippen molar-refractivity contribution < 1.29 is 19.4 Å². The molecule has 0 unspecified atom stereocenters. The molecule has 1 amide bonds.